The van der Waals surface area contributed by atoms with Crippen molar-refractivity contribution in [2.75, 3.05) is 18.9 Å². The van der Waals surface area contributed by atoms with Crippen molar-refractivity contribution in [1.82, 2.24) is 14.9 Å². The first-order chi connectivity index (χ1) is 10.1. The van der Waals surface area contributed by atoms with Crippen molar-refractivity contribution in [3.63, 3.8) is 0 Å². The van der Waals surface area contributed by atoms with Gasteiger partial charge in [0, 0.05) is 19.8 Å². The van der Waals surface area contributed by atoms with E-state index in [4.69, 9.17) is 0 Å². The summed E-state index contributed by atoms with van der Waals surface area (Å²) in [5, 5.41) is 3.82. The molecule has 0 unspecified atom stereocenters. The molecule has 0 atom stereocenters. The zero-order chi connectivity index (χ0) is 15.2. The second kappa shape index (κ2) is 7.17. The third-order valence-electron chi connectivity index (χ3n) is 3.08. The van der Waals surface area contributed by atoms with Gasteiger partial charge in [0.15, 0.2) is 5.13 Å². The molecule has 0 aliphatic rings. The van der Waals surface area contributed by atoms with Crippen LogP contribution in [0.4, 0.5) is 10.9 Å². The number of thiazole rings is 1. The number of pyridine rings is 1. The number of hydrogen-bond acceptors (Lipinski definition) is 5. The molecule has 1 N–H and O–H groups in total. The van der Waals surface area contributed by atoms with E-state index >= 15 is 0 Å². The number of unbranched alkanes of at least 4 members (excludes halogenated alkanes) is 1. The van der Waals surface area contributed by atoms with Gasteiger partial charge in [-0.2, -0.15) is 0 Å². The molecule has 0 aromatic carbocycles. The lowest BCUT2D eigenvalue weighted by atomic mass is 10.3. The monoisotopic (exact) mass is 304 g/mol. The zero-order valence-corrected chi connectivity index (χ0v) is 13.4. The molecular weight excluding hydrogens is 284 g/mol. The molecule has 112 valence electrons. The first kappa shape index (κ1) is 15.4. The maximum Gasteiger partial charge on any atom is 0.265 e. The fourth-order valence-corrected chi connectivity index (χ4v) is 2.83. The van der Waals surface area contributed by atoms with Gasteiger partial charge in [-0.3, -0.25) is 4.79 Å². The van der Waals surface area contributed by atoms with Crippen molar-refractivity contribution in [2.45, 2.75) is 26.7 Å². The number of aryl methyl sites for hydroxylation is 1. The van der Waals surface area contributed by atoms with Gasteiger partial charge in [-0.15, -0.1) is 0 Å². The number of nitrogens with zero attached hydrogens (tertiary/aromatic N) is 3. The van der Waals surface area contributed by atoms with Gasteiger partial charge in [0.05, 0.1) is 5.69 Å². The lowest BCUT2D eigenvalue weighted by Crippen LogP contribution is -2.27. The summed E-state index contributed by atoms with van der Waals surface area (Å²) in [4.78, 5) is 23.4. The van der Waals surface area contributed by atoms with Crippen LogP contribution in [0, 0.1) is 6.92 Å². The minimum Gasteiger partial charge on any atom is -0.341 e. The Balaban J connectivity index is 2.10. The Labute approximate surface area is 129 Å². The standard InChI is InChI=1S/C15H20N4OS/c1-4-5-10-19(3)14(20)13-11(2)17-15(21-13)18-12-8-6-7-9-16-12/h6-9H,4-5,10H2,1-3H3,(H,16,17,18). The number of carbonyl (C=O) groups is 1. The maximum absolute atomic E-state index is 12.4. The van der Waals surface area contributed by atoms with Crippen molar-refractivity contribution in [3.05, 3.63) is 35.0 Å². The number of nitrogens with one attached hydrogen (secondary N) is 1. The molecule has 21 heavy (non-hydrogen) atoms. The van der Waals surface area contributed by atoms with Crippen molar-refractivity contribution in [3.8, 4) is 0 Å². The average Bonchev–Trinajstić information content (AvgIpc) is 2.85. The van der Waals surface area contributed by atoms with E-state index in [9.17, 15) is 4.79 Å². The van der Waals surface area contributed by atoms with Gasteiger partial charge >= 0.3 is 0 Å². The van der Waals surface area contributed by atoms with Gasteiger partial charge in [-0.1, -0.05) is 30.7 Å². The van der Waals surface area contributed by atoms with E-state index in [1.165, 1.54) is 11.3 Å². The Morgan fingerprint density at radius 3 is 2.90 bits per heavy atom. The van der Waals surface area contributed by atoms with E-state index in [1.807, 2.05) is 32.2 Å². The van der Waals surface area contributed by atoms with Crippen LogP contribution in [0.1, 0.15) is 35.1 Å². The van der Waals surface area contributed by atoms with E-state index in [1.54, 1.807) is 11.1 Å². The third kappa shape index (κ3) is 4.01. The molecule has 0 aliphatic carbocycles. The summed E-state index contributed by atoms with van der Waals surface area (Å²) in [5.74, 6) is 0.761. The molecular formula is C15H20N4OS. The van der Waals surface area contributed by atoms with Gasteiger partial charge < -0.3 is 10.2 Å². The van der Waals surface area contributed by atoms with E-state index in [-0.39, 0.29) is 5.91 Å². The lowest BCUT2D eigenvalue weighted by Gasteiger charge is -2.15. The van der Waals surface area contributed by atoms with Crippen molar-refractivity contribution < 1.29 is 4.79 Å². The van der Waals surface area contributed by atoms with E-state index in [2.05, 4.69) is 22.2 Å². The Hall–Kier alpha value is -1.95. The van der Waals surface area contributed by atoms with Crippen LogP contribution in [0.15, 0.2) is 24.4 Å². The van der Waals surface area contributed by atoms with Gasteiger partial charge in [0.2, 0.25) is 0 Å². The Bertz CT molecular complexity index is 597. The molecule has 1 amide bonds. The SMILES string of the molecule is CCCCN(C)C(=O)c1sc(Nc2ccccn2)nc1C. The molecule has 0 bridgehead atoms. The lowest BCUT2D eigenvalue weighted by molar-refractivity contribution is 0.0797. The first-order valence-electron chi connectivity index (χ1n) is 7.02. The first-order valence-corrected chi connectivity index (χ1v) is 7.84. The smallest absolute Gasteiger partial charge is 0.265 e. The molecule has 0 saturated carbocycles. The number of aromatic nitrogens is 2. The fourth-order valence-electron chi connectivity index (χ4n) is 1.86. The molecule has 0 saturated heterocycles. The summed E-state index contributed by atoms with van der Waals surface area (Å²) in [6.45, 7) is 4.75. The summed E-state index contributed by atoms with van der Waals surface area (Å²) < 4.78 is 0. The second-order valence-electron chi connectivity index (χ2n) is 4.85. The van der Waals surface area contributed by atoms with E-state index in [0.717, 1.165) is 30.9 Å². The van der Waals surface area contributed by atoms with Crippen LogP contribution in [0.5, 0.6) is 0 Å². The van der Waals surface area contributed by atoms with Crippen molar-refractivity contribution in [1.29, 1.82) is 0 Å². The minimum absolute atomic E-state index is 0.0347. The van der Waals surface area contributed by atoms with Gasteiger partial charge in [-0.25, -0.2) is 9.97 Å². The molecule has 5 nitrogen and oxygen atoms in total. The highest BCUT2D eigenvalue weighted by atomic mass is 32.1. The van der Waals surface area contributed by atoms with Gasteiger partial charge in [0.25, 0.3) is 5.91 Å². The number of amides is 1. The van der Waals surface area contributed by atoms with Crippen LogP contribution in [-0.4, -0.2) is 34.4 Å². The quantitative estimate of drug-likeness (QED) is 0.888. The highest BCUT2D eigenvalue weighted by molar-refractivity contribution is 7.17. The highest BCUT2D eigenvalue weighted by Gasteiger charge is 2.18. The van der Waals surface area contributed by atoms with E-state index in [0.29, 0.717) is 10.0 Å². The zero-order valence-electron chi connectivity index (χ0n) is 12.6. The number of carbonyl (C=O) groups excluding carboxylic acids is 1. The van der Waals surface area contributed by atoms with Gasteiger partial charge in [-0.05, 0) is 25.5 Å². The third-order valence-corrected chi connectivity index (χ3v) is 4.15. The summed E-state index contributed by atoms with van der Waals surface area (Å²) in [7, 11) is 1.84. The van der Waals surface area contributed by atoms with Crippen LogP contribution >= 0.6 is 11.3 Å². The molecule has 2 rings (SSSR count). The van der Waals surface area contributed by atoms with Crippen molar-refractivity contribution >= 4 is 28.2 Å². The van der Waals surface area contributed by atoms with E-state index < -0.39 is 0 Å². The Morgan fingerprint density at radius 2 is 2.24 bits per heavy atom. The summed E-state index contributed by atoms with van der Waals surface area (Å²) in [6.07, 6.45) is 3.80. The Kier molecular flexibility index (Phi) is 5.27. The maximum atomic E-state index is 12.4. The average molecular weight is 304 g/mol. The predicted molar refractivity (Wildman–Crippen MR) is 86.2 cm³/mol. The van der Waals surface area contributed by atoms with Crippen molar-refractivity contribution in [2.24, 2.45) is 0 Å². The Morgan fingerprint density at radius 1 is 1.43 bits per heavy atom. The molecule has 2 aromatic rings. The fraction of sp³-hybridized carbons (Fsp3) is 0.400. The molecule has 2 heterocycles. The van der Waals surface area contributed by atoms with Crippen LogP contribution < -0.4 is 5.32 Å². The molecule has 6 heteroatoms. The van der Waals surface area contributed by atoms with Crippen LogP contribution in [-0.2, 0) is 0 Å². The summed E-state index contributed by atoms with van der Waals surface area (Å²) >= 11 is 1.37. The number of rotatable bonds is 6. The molecule has 0 radical (unpaired) electrons. The second-order valence-corrected chi connectivity index (χ2v) is 5.85. The molecule has 2 aromatic heterocycles. The molecule has 0 spiro atoms. The summed E-state index contributed by atoms with van der Waals surface area (Å²) in [6, 6.07) is 5.63. The predicted octanol–water partition coefficient (Wildman–Crippen LogP) is 3.46. The number of hydrogen-bond donors (Lipinski definition) is 1. The van der Waals surface area contributed by atoms with Gasteiger partial charge in [0.1, 0.15) is 10.7 Å². The number of anilines is 2. The highest BCUT2D eigenvalue weighted by Crippen LogP contribution is 2.26. The van der Waals surface area contributed by atoms with Crippen LogP contribution in [0.25, 0.3) is 0 Å². The van der Waals surface area contributed by atoms with Crippen LogP contribution in [0.3, 0.4) is 0 Å². The molecule has 0 aliphatic heterocycles. The largest absolute Gasteiger partial charge is 0.341 e. The normalized spacial score (nSPS) is 10.4. The summed E-state index contributed by atoms with van der Waals surface area (Å²) in [5.41, 5.74) is 0.756. The van der Waals surface area contributed by atoms with Crippen LogP contribution in [0.2, 0.25) is 0 Å². The minimum atomic E-state index is 0.0347. The molecule has 0 fully saturated rings. The topological polar surface area (TPSA) is 58.1 Å².